The minimum absolute atomic E-state index is 0.0304. The second-order valence-corrected chi connectivity index (χ2v) is 6.09. The highest BCUT2D eigenvalue weighted by Gasteiger charge is 2.23. The SMILES string of the molecule is CC(C)CN1CCN(C(=O)c2cnc(NN)c(Cl)c2)CC1. The largest absolute Gasteiger partial charge is 0.336 e. The van der Waals surface area contributed by atoms with Crippen molar-refractivity contribution in [2.24, 2.45) is 11.8 Å². The number of amides is 1. The van der Waals surface area contributed by atoms with Crippen molar-refractivity contribution in [1.29, 1.82) is 0 Å². The highest BCUT2D eigenvalue weighted by Crippen LogP contribution is 2.20. The van der Waals surface area contributed by atoms with Gasteiger partial charge in [-0.05, 0) is 12.0 Å². The molecule has 116 valence electrons. The molecule has 1 aromatic rings. The summed E-state index contributed by atoms with van der Waals surface area (Å²) in [6.07, 6.45) is 1.50. The Morgan fingerprint density at radius 3 is 2.62 bits per heavy atom. The zero-order chi connectivity index (χ0) is 15.4. The lowest BCUT2D eigenvalue weighted by molar-refractivity contribution is 0.0623. The Hall–Kier alpha value is -1.37. The van der Waals surface area contributed by atoms with Crippen LogP contribution in [0.15, 0.2) is 12.3 Å². The maximum absolute atomic E-state index is 12.4. The van der Waals surface area contributed by atoms with Gasteiger partial charge in [-0.2, -0.15) is 0 Å². The number of hydrazine groups is 1. The number of nitrogen functional groups attached to an aromatic ring is 1. The van der Waals surface area contributed by atoms with Crippen LogP contribution in [0.3, 0.4) is 0 Å². The summed E-state index contributed by atoms with van der Waals surface area (Å²) in [4.78, 5) is 20.7. The van der Waals surface area contributed by atoms with Crippen molar-refractivity contribution in [2.75, 3.05) is 38.1 Å². The Labute approximate surface area is 130 Å². The molecule has 0 unspecified atom stereocenters. The number of rotatable bonds is 4. The zero-order valence-corrected chi connectivity index (χ0v) is 13.2. The minimum atomic E-state index is -0.0304. The van der Waals surface area contributed by atoms with E-state index < -0.39 is 0 Å². The number of hydrogen-bond acceptors (Lipinski definition) is 5. The second-order valence-electron chi connectivity index (χ2n) is 5.69. The lowest BCUT2D eigenvalue weighted by atomic mass is 10.1. The van der Waals surface area contributed by atoms with Crippen molar-refractivity contribution in [3.63, 3.8) is 0 Å². The Bertz CT molecular complexity index is 500. The van der Waals surface area contributed by atoms with E-state index in [9.17, 15) is 4.79 Å². The first kappa shape index (κ1) is 16.0. The number of nitrogens with zero attached hydrogens (tertiary/aromatic N) is 3. The number of piperazine rings is 1. The fraction of sp³-hybridized carbons (Fsp3) is 0.571. The molecule has 0 aliphatic carbocycles. The number of nitrogens with one attached hydrogen (secondary N) is 1. The first-order valence-electron chi connectivity index (χ1n) is 7.15. The topological polar surface area (TPSA) is 74.5 Å². The van der Waals surface area contributed by atoms with Crippen LogP contribution in [0.25, 0.3) is 0 Å². The van der Waals surface area contributed by atoms with Crippen molar-refractivity contribution in [1.82, 2.24) is 14.8 Å². The molecule has 7 heteroatoms. The molecular formula is C14H22ClN5O. The van der Waals surface area contributed by atoms with Crippen LogP contribution in [0.5, 0.6) is 0 Å². The smallest absolute Gasteiger partial charge is 0.255 e. The monoisotopic (exact) mass is 311 g/mol. The second kappa shape index (κ2) is 7.06. The highest BCUT2D eigenvalue weighted by atomic mass is 35.5. The van der Waals surface area contributed by atoms with Gasteiger partial charge in [0.1, 0.15) is 0 Å². The van der Waals surface area contributed by atoms with Crippen molar-refractivity contribution >= 4 is 23.3 Å². The van der Waals surface area contributed by atoms with Gasteiger partial charge in [0.2, 0.25) is 0 Å². The van der Waals surface area contributed by atoms with Crippen LogP contribution in [-0.4, -0.2) is 53.4 Å². The lowest BCUT2D eigenvalue weighted by Gasteiger charge is -2.35. The van der Waals surface area contributed by atoms with Crippen LogP contribution in [-0.2, 0) is 0 Å². The Morgan fingerprint density at radius 2 is 2.10 bits per heavy atom. The molecule has 1 aliphatic rings. The molecule has 0 bridgehead atoms. The van der Waals surface area contributed by atoms with Gasteiger partial charge in [0.05, 0.1) is 10.6 Å². The van der Waals surface area contributed by atoms with Gasteiger partial charge in [0.25, 0.3) is 5.91 Å². The summed E-state index contributed by atoms with van der Waals surface area (Å²) in [5.74, 6) is 6.26. The molecule has 1 fully saturated rings. The normalized spacial score (nSPS) is 16.3. The third-order valence-corrected chi connectivity index (χ3v) is 3.80. The van der Waals surface area contributed by atoms with E-state index in [1.165, 1.54) is 6.20 Å². The van der Waals surface area contributed by atoms with E-state index in [0.717, 1.165) is 32.7 Å². The third kappa shape index (κ3) is 4.06. The standard InChI is InChI=1S/C14H22ClN5O/c1-10(2)9-19-3-5-20(6-4-19)14(21)11-7-12(15)13(18-16)17-8-11/h7-8,10H,3-6,9,16H2,1-2H3,(H,17,18). The molecule has 0 aromatic carbocycles. The van der Waals surface area contributed by atoms with Crippen molar-refractivity contribution in [3.8, 4) is 0 Å². The van der Waals surface area contributed by atoms with Crippen LogP contribution in [0.2, 0.25) is 5.02 Å². The summed E-state index contributed by atoms with van der Waals surface area (Å²) < 4.78 is 0. The first-order chi connectivity index (χ1) is 10.0. The summed E-state index contributed by atoms with van der Waals surface area (Å²) in [6, 6.07) is 1.60. The molecule has 1 aliphatic heterocycles. The molecule has 0 spiro atoms. The van der Waals surface area contributed by atoms with Crippen LogP contribution in [0.1, 0.15) is 24.2 Å². The van der Waals surface area contributed by atoms with Crippen LogP contribution in [0, 0.1) is 5.92 Å². The summed E-state index contributed by atoms with van der Waals surface area (Å²) >= 11 is 6.01. The maximum Gasteiger partial charge on any atom is 0.255 e. The van der Waals surface area contributed by atoms with E-state index in [1.54, 1.807) is 6.07 Å². The van der Waals surface area contributed by atoms with Gasteiger partial charge in [0.15, 0.2) is 5.82 Å². The van der Waals surface area contributed by atoms with Crippen LogP contribution < -0.4 is 11.3 Å². The highest BCUT2D eigenvalue weighted by molar-refractivity contribution is 6.33. The molecule has 1 aromatic heterocycles. The van der Waals surface area contributed by atoms with E-state index >= 15 is 0 Å². The Balaban J connectivity index is 1.97. The van der Waals surface area contributed by atoms with Crippen molar-refractivity contribution in [2.45, 2.75) is 13.8 Å². The van der Waals surface area contributed by atoms with E-state index in [2.05, 4.69) is 29.2 Å². The van der Waals surface area contributed by atoms with Gasteiger partial charge in [-0.3, -0.25) is 9.69 Å². The number of aromatic nitrogens is 1. The van der Waals surface area contributed by atoms with Crippen molar-refractivity contribution < 1.29 is 4.79 Å². The lowest BCUT2D eigenvalue weighted by Crippen LogP contribution is -2.49. The van der Waals surface area contributed by atoms with Gasteiger partial charge >= 0.3 is 0 Å². The van der Waals surface area contributed by atoms with E-state index in [4.69, 9.17) is 17.4 Å². The summed E-state index contributed by atoms with van der Waals surface area (Å²) in [6.45, 7) is 8.78. The average molecular weight is 312 g/mol. The number of halogens is 1. The Kier molecular flexibility index (Phi) is 5.39. The van der Waals surface area contributed by atoms with Gasteiger partial charge < -0.3 is 10.3 Å². The predicted octanol–water partition coefficient (Wildman–Crippen LogP) is 1.43. The van der Waals surface area contributed by atoms with E-state index in [1.807, 2.05) is 4.90 Å². The molecule has 2 heterocycles. The molecule has 3 N–H and O–H groups in total. The summed E-state index contributed by atoms with van der Waals surface area (Å²) in [5, 5.41) is 0.349. The third-order valence-electron chi connectivity index (χ3n) is 3.51. The number of carbonyl (C=O) groups is 1. The van der Waals surface area contributed by atoms with Gasteiger partial charge in [-0.1, -0.05) is 25.4 Å². The molecule has 6 nitrogen and oxygen atoms in total. The molecule has 21 heavy (non-hydrogen) atoms. The zero-order valence-electron chi connectivity index (χ0n) is 12.5. The molecular weight excluding hydrogens is 290 g/mol. The van der Waals surface area contributed by atoms with Crippen LogP contribution >= 0.6 is 11.6 Å². The minimum Gasteiger partial charge on any atom is -0.336 e. The van der Waals surface area contributed by atoms with Gasteiger partial charge in [0, 0.05) is 38.9 Å². The van der Waals surface area contributed by atoms with E-state index in [0.29, 0.717) is 22.3 Å². The summed E-state index contributed by atoms with van der Waals surface area (Å²) in [5.41, 5.74) is 2.89. The molecule has 0 saturated carbocycles. The van der Waals surface area contributed by atoms with Crippen molar-refractivity contribution in [3.05, 3.63) is 22.8 Å². The van der Waals surface area contributed by atoms with Crippen LogP contribution in [0.4, 0.5) is 5.82 Å². The Morgan fingerprint density at radius 1 is 1.43 bits per heavy atom. The number of pyridine rings is 1. The molecule has 1 saturated heterocycles. The maximum atomic E-state index is 12.4. The van der Waals surface area contributed by atoms with Gasteiger partial charge in [-0.25, -0.2) is 10.8 Å². The number of anilines is 1. The van der Waals surface area contributed by atoms with Gasteiger partial charge in [-0.15, -0.1) is 0 Å². The fourth-order valence-electron chi connectivity index (χ4n) is 2.49. The number of hydrogen-bond donors (Lipinski definition) is 2. The molecule has 2 rings (SSSR count). The van der Waals surface area contributed by atoms with E-state index in [-0.39, 0.29) is 5.91 Å². The summed E-state index contributed by atoms with van der Waals surface area (Å²) in [7, 11) is 0. The first-order valence-corrected chi connectivity index (χ1v) is 7.53. The molecule has 0 atom stereocenters. The predicted molar refractivity (Wildman–Crippen MR) is 84.2 cm³/mol. The molecule has 0 radical (unpaired) electrons. The quantitative estimate of drug-likeness (QED) is 0.650. The molecule has 1 amide bonds. The average Bonchev–Trinajstić information content (AvgIpc) is 2.46. The number of carbonyl (C=O) groups excluding carboxylic acids is 1. The fourth-order valence-corrected chi connectivity index (χ4v) is 2.71. The number of nitrogens with two attached hydrogens (primary N) is 1.